The van der Waals surface area contributed by atoms with E-state index in [1.807, 2.05) is 31.2 Å². The summed E-state index contributed by atoms with van der Waals surface area (Å²) in [7, 11) is 0. The van der Waals surface area contributed by atoms with Crippen LogP contribution in [0.2, 0.25) is 5.02 Å². The van der Waals surface area contributed by atoms with Crippen LogP contribution in [0.1, 0.15) is 38.5 Å². The van der Waals surface area contributed by atoms with Crippen LogP contribution in [-0.4, -0.2) is 16.1 Å². The predicted octanol–water partition coefficient (Wildman–Crippen LogP) is 5.56. The van der Waals surface area contributed by atoms with Gasteiger partial charge in [-0.05, 0) is 48.7 Å². The van der Waals surface area contributed by atoms with Crippen molar-refractivity contribution in [2.45, 2.75) is 24.7 Å². The molecule has 0 aromatic heterocycles. The van der Waals surface area contributed by atoms with Crippen LogP contribution in [0.4, 0.5) is 5.69 Å². The number of hydrogen-bond donors (Lipinski definition) is 4. The Labute approximate surface area is 185 Å². The summed E-state index contributed by atoms with van der Waals surface area (Å²) in [4.78, 5) is 12.6. The molecule has 3 rings (SSSR count). The van der Waals surface area contributed by atoms with Gasteiger partial charge < -0.3 is 15.5 Å². The number of halogens is 1. The Kier molecular flexibility index (Phi) is 6.25. The highest BCUT2D eigenvalue weighted by molar-refractivity contribution is 7.80. The fourth-order valence-corrected chi connectivity index (χ4v) is 3.65. The van der Waals surface area contributed by atoms with Gasteiger partial charge in [-0.2, -0.15) is 5.26 Å². The number of carbonyl (C=O) groups excluding carboxylic acids is 1. The molecular weight excluding hydrogens is 420 g/mol. The number of aryl methyl sites for hydroxylation is 2. The van der Waals surface area contributed by atoms with E-state index in [0.717, 1.165) is 16.7 Å². The van der Waals surface area contributed by atoms with Gasteiger partial charge in [0.1, 0.15) is 0 Å². The molecule has 1 atom stereocenters. The molecule has 0 radical (unpaired) electrons. The van der Waals surface area contributed by atoms with Crippen LogP contribution < -0.4 is 5.32 Å². The number of carbonyl (C=O) groups is 1. The second-order valence-corrected chi connectivity index (χ2v) is 7.80. The van der Waals surface area contributed by atoms with Gasteiger partial charge in [-0.25, -0.2) is 0 Å². The molecular formula is C23H19ClN2O3S. The standard InChI is InChI=1S/C23H19ClN2O3S/c1-12-3-5-14(6-4-12)17(11-25)16-9-13(2)19(10-18(16)24)26-23(29)15-7-8-20(27)21(28)22(15)30/h3-10,17,27-28,30H,1-2H3,(H,26,29). The van der Waals surface area contributed by atoms with Gasteiger partial charge >= 0.3 is 0 Å². The first-order chi connectivity index (χ1) is 14.2. The van der Waals surface area contributed by atoms with E-state index >= 15 is 0 Å². The number of rotatable bonds is 4. The maximum absolute atomic E-state index is 12.6. The lowest BCUT2D eigenvalue weighted by Gasteiger charge is -2.17. The SMILES string of the molecule is Cc1ccc(C(C#N)c2cc(C)c(NC(=O)c3ccc(O)c(O)c3S)cc2Cl)cc1. The minimum atomic E-state index is -0.542. The van der Waals surface area contributed by atoms with E-state index in [4.69, 9.17) is 11.6 Å². The van der Waals surface area contributed by atoms with Gasteiger partial charge in [-0.1, -0.05) is 47.5 Å². The van der Waals surface area contributed by atoms with Crippen LogP contribution in [0.3, 0.4) is 0 Å². The van der Waals surface area contributed by atoms with E-state index in [1.165, 1.54) is 12.1 Å². The largest absolute Gasteiger partial charge is 0.504 e. The van der Waals surface area contributed by atoms with E-state index < -0.39 is 17.6 Å². The zero-order chi connectivity index (χ0) is 22.0. The molecule has 3 aromatic carbocycles. The van der Waals surface area contributed by atoms with E-state index in [0.29, 0.717) is 16.3 Å². The summed E-state index contributed by atoms with van der Waals surface area (Å²) in [5.41, 5.74) is 3.87. The third kappa shape index (κ3) is 4.23. The lowest BCUT2D eigenvalue weighted by atomic mass is 9.90. The average Bonchev–Trinajstić information content (AvgIpc) is 2.71. The summed E-state index contributed by atoms with van der Waals surface area (Å²) < 4.78 is 0. The summed E-state index contributed by atoms with van der Waals surface area (Å²) in [5, 5.41) is 32.1. The molecule has 0 saturated heterocycles. The number of nitriles is 1. The zero-order valence-corrected chi connectivity index (χ0v) is 17.9. The molecule has 152 valence electrons. The first-order valence-corrected chi connectivity index (χ1v) is 9.87. The molecule has 0 fully saturated rings. The highest BCUT2D eigenvalue weighted by Crippen LogP contribution is 2.36. The molecule has 3 aromatic rings. The molecule has 3 N–H and O–H groups in total. The molecule has 0 saturated carbocycles. The van der Waals surface area contributed by atoms with Gasteiger partial charge in [0.2, 0.25) is 0 Å². The third-order valence-corrected chi connectivity index (χ3v) is 5.60. The minimum absolute atomic E-state index is 0.0308. The Bertz CT molecular complexity index is 1170. The van der Waals surface area contributed by atoms with Gasteiger partial charge in [-0.3, -0.25) is 4.79 Å². The zero-order valence-electron chi connectivity index (χ0n) is 16.3. The number of aromatic hydroxyl groups is 2. The van der Waals surface area contributed by atoms with Crippen molar-refractivity contribution < 1.29 is 15.0 Å². The molecule has 1 amide bonds. The smallest absolute Gasteiger partial charge is 0.256 e. The van der Waals surface area contributed by atoms with Crippen LogP contribution in [0.25, 0.3) is 0 Å². The summed E-state index contributed by atoms with van der Waals surface area (Å²) in [6.45, 7) is 3.78. The van der Waals surface area contributed by atoms with Crippen molar-refractivity contribution in [3.8, 4) is 17.6 Å². The van der Waals surface area contributed by atoms with Crippen LogP contribution in [0.5, 0.6) is 11.5 Å². The molecule has 7 heteroatoms. The molecule has 0 aliphatic heterocycles. The van der Waals surface area contributed by atoms with Crippen LogP contribution in [-0.2, 0) is 0 Å². The van der Waals surface area contributed by atoms with Gasteiger partial charge in [0.15, 0.2) is 11.5 Å². The highest BCUT2D eigenvalue weighted by Gasteiger charge is 2.20. The Balaban J connectivity index is 1.93. The number of phenols is 2. The fourth-order valence-electron chi connectivity index (χ4n) is 3.08. The predicted molar refractivity (Wildman–Crippen MR) is 120 cm³/mol. The maximum atomic E-state index is 12.6. The number of thiol groups is 1. The molecule has 0 heterocycles. The van der Waals surface area contributed by atoms with Crippen molar-refractivity contribution in [2.24, 2.45) is 0 Å². The topological polar surface area (TPSA) is 93.4 Å². The Hall–Kier alpha value is -3.14. The van der Waals surface area contributed by atoms with E-state index in [9.17, 15) is 20.3 Å². The number of anilines is 1. The van der Waals surface area contributed by atoms with Crippen molar-refractivity contribution >= 4 is 35.8 Å². The highest BCUT2D eigenvalue weighted by atomic mass is 35.5. The van der Waals surface area contributed by atoms with Gasteiger partial charge in [0.25, 0.3) is 5.91 Å². The third-order valence-electron chi connectivity index (χ3n) is 4.82. The number of phenolic OH excluding ortho intramolecular Hbond substituents is 2. The van der Waals surface area contributed by atoms with Gasteiger partial charge in [0.05, 0.1) is 22.4 Å². The summed E-state index contributed by atoms with van der Waals surface area (Å²) in [5.74, 6) is -1.89. The fraction of sp³-hybridized carbons (Fsp3) is 0.130. The summed E-state index contributed by atoms with van der Waals surface area (Å²) in [6.07, 6.45) is 0. The second kappa shape index (κ2) is 8.70. The minimum Gasteiger partial charge on any atom is -0.504 e. The summed E-state index contributed by atoms with van der Waals surface area (Å²) >= 11 is 10.6. The number of nitrogens with zero attached hydrogens (tertiary/aromatic N) is 1. The Morgan fingerprint density at radius 1 is 1.13 bits per heavy atom. The van der Waals surface area contributed by atoms with Crippen LogP contribution >= 0.6 is 24.2 Å². The molecule has 30 heavy (non-hydrogen) atoms. The molecule has 5 nitrogen and oxygen atoms in total. The van der Waals surface area contributed by atoms with Crippen molar-refractivity contribution in [3.05, 3.63) is 81.4 Å². The van der Waals surface area contributed by atoms with Gasteiger partial charge in [0, 0.05) is 10.7 Å². The van der Waals surface area contributed by atoms with Crippen LogP contribution in [0.15, 0.2) is 53.4 Å². The number of amides is 1. The van der Waals surface area contributed by atoms with E-state index in [2.05, 4.69) is 24.0 Å². The Morgan fingerprint density at radius 2 is 1.80 bits per heavy atom. The first kappa shape index (κ1) is 21.6. The number of hydrogen-bond acceptors (Lipinski definition) is 5. The molecule has 0 bridgehead atoms. The van der Waals surface area contributed by atoms with Crippen LogP contribution in [0, 0.1) is 25.2 Å². The monoisotopic (exact) mass is 438 g/mol. The quantitative estimate of drug-likeness (QED) is 0.316. The lowest BCUT2D eigenvalue weighted by Crippen LogP contribution is -2.14. The lowest BCUT2D eigenvalue weighted by molar-refractivity contribution is 0.102. The Morgan fingerprint density at radius 3 is 2.43 bits per heavy atom. The number of nitrogens with one attached hydrogen (secondary N) is 1. The van der Waals surface area contributed by atoms with Crippen molar-refractivity contribution in [3.63, 3.8) is 0 Å². The molecule has 1 unspecified atom stereocenters. The van der Waals surface area contributed by atoms with E-state index in [-0.39, 0.29) is 16.2 Å². The normalized spacial score (nSPS) is 11.6. The first-order valence-electron chi connectivity index (χ1n) is 9.04. The van der Waals surface area contributed by atoms with E-state index in [1.54, 1.807) is 19.1 Å². The summed E-state index contributed by atoms with van der Waals surface area (Å²) in [6, 6.07) is 15.9. The second-order valence-electron chi connectivity index (χ2n) is 6.95. The molecule has 0 aliphatic rings. The average molecular weight is 439 g/mol. The van der Waals surface area contributed by atoms with Crippen molar-refractivity contribution in [1.29, 1.82) is 5.26 Å². The van der Waals surface area contributed by atoms with Gasteiger partial charge in [-0.15, -0.1) is 12.6 Å². The molecule has 0 aliphatic carbocycles. The molecule has 0 spiro atoms. The van der Waals surface area contributed by atoms with Crippen molar-refractivity contribution in [2.75, 3.05) is 5.32 Å². The number of benzene rings is 3. The maximum Gasteiger partial charge on any atom is 0.256 e. The van der Waals surface area contributed by atoms with Crippen molar-refractivity contribution in [1.82, 2.24) is 0 Å².